The third-order valence-electron chi connectivity index (χ3n) is 3.05. The highest BCUT2D eigenvalue weighted by Gasteiger charge is 2.14. The molecule has 112 valence electrons. The Hall–Kier alpha value is -2.34. The van der Waals surface area contributed by atoms with Crippen molar-refractivity contribution < 1.29 is 13.7 Å². The molecule has 0 unspecified atom stereocenters. The maximum absolute atomic E-state index is 14.3. The fourth-order valence-electron chi connectivity index (χ4n) is 2.00. The summed E-state index contributed by atoms with van der Waals surface area (Å²) in [5.74, 6) is -0.151. The Labute approximate surface area is 134 Å². The number of ether oxygens (including phenoxy) is 1. The van der Waals surface area contributed by atoms with Crippen molar-refractivity contribution in [2.75, 3.05) is 5.73 Å². The second kappa shape index (κ2) is 6.19. The van der Waals surface area contributed by atoms with E-state index in [4.69, 9.17) is 15.0 Å². The van der Waals surface area contributed by atoms with Crippen LogP contribution in [0.15, 0.2) is 57.5 Å². The molecule has 0 aliphatic rings. The van der Waals surface area contributed by atoms with Crippen LogP contribution in [0.5, 0.6) is 5.75 Å². The van der Waals surface area contributed by atoms with Gasteiger partial charge in [-0.2, -0.15) is 0 Å². The molecule has 0 spiro atoms. The fourth-order valence-corrected chi connectivity index (χ4v) is 2.55. The van der Waals surface area contributed by atoms with Crippen LogP contribution in [0.2, 0.25) is 0 Å². The van der Waals surface area contributed by atoms with Crippen LogP contribution in [0.25, 0.3) is 11.3 Å². The van der Waals surface area contributed by atoms with Gasteiger partial charge < -0.3 is 15.0 Å². The van der Waals surface area contributed by atoms with E-state index in [2.05, 4.69) is 21.1 Å². The third kappa shape index (κ3) is 3.12. The Bertz CT molecular complexity index is 767. The first-order valence-corrected chi connectivity index (χ1v) is 7.31. The number of halogens is 2. The molecular weight excluding hydrogens is 351 g/mol. The molecule has 0 saturated heterocycles. The average Bonchev–Trinajstić information content (AvgIpc) is 2.94. The minimum atomic E-state index is -0.484. The van der Waals surface area contributed by atoms with Crippen LogP contribution in [0, 0.1) is 5.82 Å². The first-order chi connectivity index (χ1) is 10.6. The first-order valence-electron chi connectivity index (χ1n) is 6.52. The van der Waals surface area contributed by atoms with Gasteiger partial charge in [0.1, 0.15) is 12.3 Å². The maximum Gasteiger partial charge on any atom is 0.222 e. The third-order valence-corrected chi connectivity index (χ3v) is 3.64. The molecule has 2 N–H and O–H groups in total. The Kier molecular flexibility index (Phi) is 4.11. The summed E-state index contributed by atoms with van der Waals surface area (Å²) in [6, 6.07) is 14.1. The summed E-state index contributed by atoms with van der Waals surface area (Å²) in [6.07, 6.45) is 0. The zero-order chi connectivity index (χ0) is 15.5. The highest BCUT2D eigenvalue weighted by atomic mass is 79.9. The summed E-state index contributed by atoms with van der Waals surface area (Å²) < 4.78 is 25.1. The van der Waals surface area contributed by atoms with Gasteiger partial charge in [-0.25, -0.2) is 4.39 Å². The molecule has 3 aromatic rings. The van der Waals surface area contributed by atoms with Gasteiger partial charge in [-0.3, -0.25) is 0 Å². The molecule has 3 rings (SSSR count). The summed E-state index contributed by atoms with van der Waals surface area (Å²) in [6.45, 7) is 0.284. The van der Waals surface area contributed by atoms with Crippen LogP contribution >= 0.6 is 15.9 Å². The molecule has 1 aromatic heterocycles. The lowest BCUT2D eigenvalue weighted by Crippen LogP contribution is -1.98. The molecule has 0 aliphatic heterocycles. The monoisotopic (exact) mass is 362 g/mol. The Morgan fingerprint density at radius 2 is 1.95 bits per heavy atom. The summed E-state index contributed by atoms with van der Waals surface area (Å²) in [5.41, 5.74) is 7.45. The van der Waals surface area contributed by atoms with E-state index in [9.17, 15) is 4.39 Å². The van der Waals surface area contributed by atoms with E-state index in [0.29, 0.717) is 15.7 Å². The molecule has 6 heteroatoms. The highest BCUT2D eigenvalue weighted by molar-refractivity contribution is 9.10. The zero-order valence-corrected chi connectivity index (χ0v) is 13.0. The molecule has 4 nitrogen and oxygen atoms in total. The molecule has 2 aromatic carbocycles. The van der Waals surface area contributed by atoms with Crippen molar-refractivity contribution in [1.29, 1.82) is 0 Å². The molecule has 0 atom stereocenters. The van der Waals surface area contributed by atoms with Gasteiger partial charge in [0.25, 0.3) is 0 Å². The van der Waals surface area contributed by atoms with Gasteiger partial charge in [0.2, 0.25) is 5.88 Å². The maximum atomic E-state index is 14.3. The lowest BCUT2D eigenvalue weighted by Gasteiger charge is -2.10. The van der Waals surface area contributed by atoms with E-state index in [0.717, 1.165) is 5.56 Å². The molecule has 22 heavy (non-hydrogen) atoms. The quantitative estimate of drug-likeness (QED) is 0.746. The van der Waals surface area contributed by atoms with Crippen LogP contribution in [-0.2, 0) is 6.61 Å². The van der Waals surface area contributed by atoms with Crippen molar-refractivity contribution in [3.8, 4) is 17.0 Å². The normalized spacial score (nSPS) is 10.6. The van der Waals surface area contributed by atoms with E-state index >= 15 is 0 Å². The van der Waals surface area contributed by atoms with Gasteiger partial charge in [0.05, 0.1) is 4.47 Å². The Balaban J connectivity index is 1.84. The number of hydrogen-bond acceptors (Lipinski definition) is 4. The topological polar surface area (TPSA) is 61.3 Å². The van der Waals surface area contributed by atoms with Crippen LogP contribution in [0.3, 0.4) is 0 Å². The van der Waals surface area contributed by atoms with Crippen molar-refractivity contribution >= 4 is 21.8 Å². The molecular formula is C16H12BrFN2O2. The van der Waals surface area contributed by atoms with Gasteiger partial charge in [-0.05, 0) is 33.6 Å². The second-order valence-corrected chi connectivity index (χ2v) is 5.51. The van der Waals surface area contributed by atoms with Gasteiger partial charge in [-0.15, -0.1) is 0 Å². The molecule has 0 amide bonds. The van der Waals surface area contributed by atoms with E-state index < -0.39 is 5.82 Å². The summed E-state index contributed by atoms with van der Waals surface area (Å²) in [4.78, 5) is 0. The van der Waals surface area contributed by atoms with Crippen molar-refractivity contribution in [2.45, 2.75) is 6.61 Å². The minimum absolute atomic E-state index is 0.157. The second-order valence-electron chi connectivity index (χ2n) is 4.66. The average molecular weight is 363 g/mol. The van der Waals surface area contributed by atoms with Crippen LogP contribution in [0.1, 0.15) is 5.56 Å². The molecule has 0 bridgehead atoms. The number of nitrogen functional groups attached to an aromatic ring is 1. The number of anilines is 1. The number of rotatable bonds is 4. The number of nitrogens with two attached hydrogens (primary N) is 1. The first kappa shape index (κ1) is 14.6. The van der Waals surface area contributed by atoms with Gasteiger partial charge in [0, 0.05) is 11.6 Å². The highest BCUT2D eigenvalue weighted by Crippen LogP contribution is 2.34. The largest absolute Gasteiger partial charge is 0.485 e. The standard InChI is InChI=1S/C16H12BrFN2O2/c17-12-6-11(14-8-15(19)22-20-14)7-13(18)16(12)21-9-10-4-2-1-3-5-10/h1-8H,9,19H2. The van der Waals surface area contributed by atoms with E-state index in [1.807, 2.05) is 30.3 Å². The molecule has 0 aliphatic carbocycles. The van der Waals surface area contributed by atoms with E-state index in [-0.39, 0.29) is 18.2 Å². The van der Waals surface area contributed by atoms with Crippen molar-refractivity contribution in [3.05, 3.63) is 64.4 Å². The summed E-state index contributed by atoms with van der Waals surface area (Å²) >= 11 is 3.32. The molecule has 0 saturated carbocycles. The Morgan fingerprint density at radius 3 is 2.59 bits per heavy atom. The number of aromatic nitrogens is 1. The lowest BCUT2D eigenvalue weighted by atomic mass is 10.1. The van der Waals surface area contributed by atoms with E-state index in [1.54, 1.807) is 6.07 Å². The number of benzene rings is 2. The van der Waals surface area contributed by atoms with Crippen molar-refractivity contribution in [2.24, 2.45) is 0 Å². The van der Waals surface area contributed by atoms with Crippen LogP contribution < -0.4 is 10.5 Å². The van der Waals surface area contributed by atoms with E-state index in [1.165, 1.54) is 12.1 Å². The van der Waals surface area contributed by atoms with Gasteiger partial charge >= 0.3 is 0 Å². The zero-order valence-electron chi connectivity index (χ0n) is 11.4. The number of hydrogen-bond donors (Lipinski definition) is 1. The van der Waals surface area contributed by atoms with Crippen molar-refractivity contribution in [3.63, 3.8) is 0 Å². The predicted octanol–water partition coefficient (Wildman–Crippen LogP) is 4.40. The fraction of sp³-hybridized carbons (Fsp3) is 0.0625. The molecule has 0 radical (unpaired) electrons. The number of nitrogens with zero attached hydrogens (tertiary/aromatic N) is 1. The Morgan fingerprint density at radius 1 is 1.18 bits per heavy atom. The van der Waals surface area contributed by atoms with Gasteiger partial charge in [0.15, 0.2) is 11.6 Å². The van der Waals surface area contributed by atoms with Crippen molar-refractivity contribution in [1.82, 2.24) is 5.16 Å². The summed E-state index contributed by atoms with van der Waals surface area (Å²) in [5, 5.41) is 3.76. The molecule has 0 fully saturated rings. The van der Waals surface area contributed by atoms with Crippen LogP contribution in [-0.4, -0.2) is 5.16 Å². The SMILES string of the molecule is Nc1cc(-c2cc(F)c(OCc3ccccc3)c(Br)c2)no1. The lowest BCUT2D eigenvalue weighted by molar-refractivity contribution is 0.288. The summed E-state index contributed by atoms with van der Waals surface area (Å²) in [7, 11) is 0. The van der Waals surface area contributed by atoms with Crippen LogP contribution in [0.4, 0.5) is 10.3 Å². The minimum Gasteiger partial charge on any atom is -0.485 e. The predicted molar refractivity (Wildman–Crippen MR) is 84.8 cm³/mol. The smallest absolute Gasteiger partial charge is 0.222 e. The molecule has 1 heterocycles. The van der Waals surface area contributed by atoms with Gasteiger partial charge in [-0.1, -0.05) is 35.5 Å².